The molecule has 7 aromatic carbocycles. The van der Waals surface area contributed by atoms with E-state index < -0.39 is 15.8 Å². The first-order chi connectivity index (χ1) is 26.3. The third-order valence-electron chi connectivity index (χ3n) is 10.3. The van der Waals surface area contributed by atoms with Gasteiger partial charge >= 0.3 is 0 Å². The Morgan fingerprint density at radius 3 is 0.981 bits per heavy atom. The van der Waals surface area contributed by atoms with Crippen molar-refractivity contribution >= 4 is 47.7 Å². The van der Waals surface area contributed by atoms with Crippen molar-refractivity contribution in [3.05, 3.63) is 216 Å². The lowest BCUT2D eigenvalue weighted by Crippen LogP contribution is -2.20. The average molecular weight is 723 g/mol. The molecule has 9 rings (SSSR count). The third kappa shape index (κ3) is 7.11. The van der Waals surface area contributed by atoms with Crippen molar-refractivity contribution < 1.29 is 9.47 Å². The predicted octanol–water partition coefficient (Wildman–Crippen LogP) is 9.50. The van der Waals surface area contributed by atoms with E-state index in [4.69, 9.17) is 9.47 Å². The number of rotatable bonds is 12. The maximum absolute atomic E-state index is 6.60. The average Bonchev–Trinajstić information content (AvgIpc) is 3.86. The lowest BCUT2D eigenvalue weighted by atomic mass is 9.95. The van der Waals surface area contributed by atoms with Crippen LogP contribution in [0.1, 0.15) is 40.5 Å². The van der Waals surface area contributed by atoms with Gasteiger partial charge in [-0.1, -0.05) is 182 Å². The van der Waals surface area contributed by atoms with Gasteiger partial charge in [0.2, 0.25) is 0 Å². The minimum absolute atomic E-state index is 0.380. The number of hydrogen-bond acceptors (Lipinski definition) is 2. The van der Waals surface area contributed by atoms with Crippen LogP contribution in [0, 0.1) is 0 Å². The summed E-state index contributed by atoms with van der Waals surface area (Å²) in [7, 11) is -1.26. The Bertz CT molecular complexity index is 2060. The highest BCUT2D eigenvalue weighted by Gasteiger charge is 2.38. The molecule has 0 N–H and O–H groups in total. The molecule has 0 aliphatic heterocycles. The molecule has 0 unspecified atom stereocenters. The summed E-state index contributed by atoms with van der Waals surface area (Å²) >= 11 is 0. The lowest BCUT2D eigenvalue weighted by Gasteiger charge is -2.21. The molecule has 0 radical (unpaired) electrons. The van der Waals surface area contributed by atoms with Crippen LogP contribution in [0.4, 0.5) is 0 Å². The molecule has 0 spiro atoms. The van der Waals surface area contributed by atoms with Gasteiger partial charge in [0.05, 0.1) is 0 Å². The predicted molar refractivity (Wildman–Crippen MR) is 225 cm³/mol. The molecule has 2 aliphatic carbocycles. The van der Waals surface area contributed by atoms with Crippen molar-refractivity contribution in [2.24, 2.45) is 0 Å². The summed E-state index contributed by atoms with van der Waals surface area (Å²) in [5.74, 6) is 2.71. The van der Waals surface area contributed by atoms with Crippen LogP contribution in [0.25, 0.3) is 0 Å². The third-order valence-corrected chi connectivity index (χ3v) is 15.2. The molecule has 7 aromatic rings. The zero-order valence-electron chi connectivity index (χ0n) is 29.5. The van der Waals surface area contributed by atoms with Crippen LogP contribution < -0.4 is 41.3 Å². The van der Waals surface area contributed by atoms with Gasteiger partial charge in [-0.2, -0.15) is 0 Å². The molecule has 2 nitrogen and oxygen atoms in total. The van der Waals surface area contributed by atoms with Crippen molar-refractivity contribution in [1.29, 1.82) is 0 Å². The van der Waals surface area contributed by atoms with Gasteiger partial charge in [0, 0.05) is 23.0 Å². The summed E-state index contributed by atoms with van der Waals surface area (Å²) in [5, 5.41) is 8.11. The number of hydrogen-bond donors (Lipinski definition) is 0. The molecular formula is C49H40O2P2. The van der Waals surface area contributed by atoms with Gasteiger partial charge < -0.3 is 9.47 Å². The van der Waals surface area contributed by atoms with Gasteiger partial charge in [-0.25, -0.2) is 0 Å². The van der Waals surface area contributed by atoms with Crippen LogP contribution in [0.3, 0.4) is 0 Å². The first-order valence-electron chi connectivity index (χ1n) is 18.4. The van der Waals surface area contributed by atoms with E-state index in [0.29, 0.717) is 25.0 Å². The van der Waals surface area contributed by atoms with E-state index in [2.05, 4.69) is 194 Å². The summed E-state index contributed by atoms with van der Waals surface area (Å²) in [6, 6.07) is 65.7. The number of fused-ring (bicyclic) bond motifs is 5. The Hall–Kier alpha value is -5.26. The van der Waals surface area contributed by atoms with E-state index in [-0.39, 0.29) is 0 Å². The Kier molecular flexibility index (Phi) is 9.74. The molecule has 4 heteroatoms. The summed E-state index contributed by atoms with van der Waals surface area (Å²) < 4.78 is 13.2. The van der Waals surface area contributed by atoms with Crippen LogP contribution >= 0.6 is 15.8 Å². The second kappa shape index (κ2) is 15.4. The Labute approximate surface area is 315 Å². The smallest absolute Gasteiger partial charge is 0.124 e. The standard InChI is InChI=1S/C49H40O2P2/c1-5-13-40(14-6-1)52(41-15-7-2-8-16-41)44-27-21-36(22-28-44)34-50-46-31-32-47(49-39-26-25-38(33-39)48(46)49)51-35-37-23-29-45(30-24-37)53(42-17-9-3-10-18-42)43-19-11-4-12-20-43/h1-32,38-39H,33-35H2/t38-,39+. The van der Waals surface area contributed by atoms with Crippen molar-refractivity contribution in [2.45, 2.75) is 31.5 Å². The summed E-state index contributed by atoms with van der Waals surface area (Å²) in [4.78, 5) is 0. The topological polar surface area (TPSA) is 18.5 Å². The molecule has 2 bridgehead atoms. The zero-order chi connectivity index (χ0) is 35.4. The van der Waals surface area contributed by atoms with Crippen molar-refractivity contribution in [1.82, 2.24) is 0 Å². The molecule has 0 saturated carbocycles. The van der Waals surface area contributed by atoms with Crippen LogP contribution in [-0.4, -0.2) is 0 Å². The van der Waals surface area contributed by atoms with Gasteiger partial charge in [0.25, 0.3) is 0 Å². The number of benzene rings is 7. The minimum atomic E-state index is -0.629. The van der Waals surface area contributed by atoms with Gasteiger partial charge in [-0.05, 0) is 77.4 Å². The molecule has 0 saturated heterocycles. The number of ether oxygens (including phenoxy) is 2. The molecular weight excluding hydrogens is 682 g/mol. The fourth-order valence-corrected chi connectivity index (χ4v) is 12.3. The highest BCUT2D eigenvalue weighted by Crippen LogP contribution is 2.55. The van der Waals surface area contributed by atoms with Crippen LogP contribution in [0.5, 0.6) is 11.5 Å². The molecule has 0 amide bonds. The summed E-state index contributed by atoms with van der Waals surface area (Å²) in [6.45, 7) is 1.06. The van der Waals surface area contributed by atoms with E-state index >= 15 is 0 Å². The Balaban J connectivity index is 0.903. The molecule has 0 fully saturated rings. The number of allylic oxidation sites excluding steroid dienone is 2. The molecule has 2 aliphatic rings. The van der Waals surface area contributed by atoms with Gasteiger partial charge in [-0.3, -0.25) is 0 Å². The van der Waals surface area contributed by atoms with Gasteiger partial charge in [0.1, 0.15) is 24.7 Å². The molecule has 2 atom stereocenters. The van der Waals surface area contributed by atoms with Crippen molar-refractivity contribution in [3.63, 3.8) is 0 Å². The van der Waals surface area contributed by atoms with Gasteiger partial charge in [-0.15, -0.1) is 0 Å². The fraction of sp³-hybridized carbons (Fsp3) is 0.102. The van der Waals surface area contributed by atoms with Crippen LogP contribution in [0.15, 0.2) is 194 Å². The molecule has 0 heterocycles. The Morgan fingerprint density at radius 1 is 0.358 bits per heavy atom. The second-order valence-corrected chi connectivity index (χ2v) is 18.1. The van der Waals surface area contributed by atoms with Crippen LogP contribution in [0.2, 0.25) is 0 Å². The molecule has 53 heavy (non-hydrogen) atoms. The van der Waals surface area contributed by atoms with E-state index in [1.165, 1.54) is 54.1 Å². The maximum atomic E-state index is 6.60. The first-order valence-corrected chi connectivity index (χ1v) is 21.1. The van der Waals surface area contributed by atoms with Crippen molar-refractivity contribution in [3.8, 4) is 11.5 Å². The highest BCUT2D eigenvalue weighted by atomic mass is 31.1. The normalized spacial score (nSPS) is 15.5. The van der Waals surface area contributed by atoms with Crippen molar-refractivity contribution in [2.75, 3.05) is 0 Å². The fourth-order valence-electron chi connectivity index (χ4n) is 7.75. The monoisotopic (exact) mass is 722 g/mol. The first kappa shape index (κ1) is 33.6. The minimum Gasteiger partial charge on any atom is -0.489 e. The zero-order valence-corrected chi connectivity index (χ0v) is 31.3. The van der Waals surface area contributed by atoms with E-state index in [1.54, 1.807) is 0 Å². The largest absolute Gasteiger partial charge is 0.489 e. The lowest BCUT2D eigenvalue weighted by molar-refractivity contribution is 0.293. The highest BCUT2D eigenvalue weighted by molar-refractivity contribution is 7.80. The molecule has 258 valence electrons. The van der Waals surface area contributed by atoms with Gasteiger partial charge in [0.15, 0.2) is 0 Å². The van der Waals surface area contributed by atoms with E-state index in [0.717, 1.165) is 17.9 Å². The Morgan fingerprint density at radius 2 is 0.660 bits per heavy atom. The van der Waals surface area contributed by atoms with Crippen LogP contribution in [-0.2, 0) is 13.2 Å². The van der Waals surface area contributed by atoms with E-state index in [1.807, 2.05) is 0 Å². The quantitative estimate of drug-likeness (QED) is 0.0925. The maximum Gasteiger partial charge on any atom is 0.124 e. The summed E-state index contributed by atoms with van der Waals surface area (Å²) in [6.07, 6.45) is 5.80. The summed E-state index contributed by atoms with van der Waals surface area (Å²) in [5.41, 5.74) is 4.94. The van der Waals surface area contributed by atoms with E-state index in [9.17, 15) is 0 Å². The second-order valence-electron chi connectivity index (χ2n) is 13.6. The SMILES string of the molecule is C1=C[C@H]2C[C@@H]1c1c(OCc3ccc(P(c4ccccc4)c4ccccc4)cc3)ccc(OCc3ccc(P(c4ccccc4)c4ccccc4)cc3)c12. The molecule has 0 aromatic heterocycles.